The summed E-state index contributed by atoms with van der Waals surface area (Å²) in [6, 6.07) is 8.19. The second kappa shape index (κ2) is 9.55. The van der Waals surface area contributed by atoms with E-state index in [1.807, 2.05) is 18.2 Å². The molecule has 2 aromatic rings. The molecule has 0 saturated carbocycles. The average Bonchev–Trinajstić information content (AvgIpc) is 3.07. The molecule has 2 heterocycles. The zero-order valence-electron chi connectivity index (χ0n) is 14.6. The number of morpholine rings is 1. The molecule has 1 saturated heterocycles. The van der Waals surface area contributed by atoms with Gasteiger partial charge in [0.1, 0.15) is 0 Å². The summed E-state index contributed by atoms with van der Waals surface area (Å²) in [7, 11) is 1.80. The van der Waals surface area contributed by atoms with Crippen LogP contribution in [0.1, 0.15) is 0 Å². The number of hydrogen-bond acceptors (Lipinski definition) is 6. The summed E-state index contributed by atoms with van der Waals surface area (Å²) in [5, 5.41) is 11.0. The van der Waals surface area contributed by atoms with Gasteiger partial charge in [-0.2, -0.15) is 0 Å². The maximum absolute atomic E-state index is 5.36. The van der Waals surface area contributed by atoms with Crippen LogP contribution in [0.4, 0.5) is 5.13 Å². The lowest BCUT2D eigenvalue weighted by Crippen LogP contribution is -2.45. The van der Waals surface area contributed by atoms with E-state index in [9.17, 15) is 0 Å². The fourth-order valence-corrected chi connectivity index (χ4v) is 3.57. The van der Waals surface area contributed by atoms with Crippen LogP contribution in [-0.4, -0.2) is 75.4 Å². The molecular weight excluding hydrogens is 336 g/mol. The van der Waals surface area contributed by atoms with Gasteiger partial charge in [-0.05, 0) is 12.1 Å². The predicted molar refractivity (Wildman–Crippen MR) is 105 cm³/mol. The second-order valence-electron chi connectivity index (χ2n) is 5.79. The molecule has 136 valence electrons. The zero-order valence-corrected chi connectivity index (χ0v) is 15.4. The topological polar surface area (TPSA) is 73.8 Å². The van der Waals surface area contributed by atoms with Gasteiger partial charge in [-0.25, -0.2) is 4.98 Å². The van der Waals surface area contributed by atoms with E-state index in [1.165, 1.54) is 4.70 Å². The number of ether oxygens (including phenoxy) is 1. The smallest absolute Gasteiger partial charge is 0.191 e. The first-order valence-corrected chi connectivity index (χ1v) is 9.51. The van der Waals surface area contributed by atoms with Gasteiger partial charge >= 0.3 is 0 Å². The van der Waals surface area contributed by atoms with Gasteiger partial charge in [0, 0.05) is 46.3 Å². The Morgan fingerprint density at radius 2 is 2.00 bits per heavy atom. The van der Waals surface area contributed by atoms with Crippen LogP contribution in [0.15, 0.2) is 29.3 Å². The molecular formula is C17H26N6OS. The molecule has 0 radical (unpaired) electrons. The number of para-hydroxylation sites is 1. The zero-order chi connectivity index (χ0) is 17.3. The predicted octanol–water partition coefficient (Wildman–Crippen LogP) is 1.21. The van der Waals surface area contributed by atoms with Gasteiger partial charge in [-0.3, -0.25) is 9.89 Å². The van der Waals surface area contributed by atoms with Gasteiger partial charge in [-0.15, -0.1) is 0 Å². The van der Waals surface area contributed by atoms with Crippen molar-refractivity contribution in [3.05, 3.63) is 24.3 Å². The number of nitrogens with zero attached hydrogens (tertiary/aromatic N) is 3. The molecule has 0 bridgehead atoms. The molecule has 0 atom stereocenters. The fraction of sp³-hybridized carbons (Fsp3) is 0.529. The monoisotopic (exact) mass is 362 g/mol. The van der Waals surface area contributed by atoms with Crippen LogP contribution < -0.4 is 16.0 Å². The molecule has 1 aromatic carbocycles. The Morgan fingerprint density at radius 1 is 1.20 bits per heavy atom. The summed E-state index contributed by atoms with van der Waals surface area (Å²) in [5.41, 5.74) is 1.04. The van der Waals surface area contributed by atoms with E-state index in [-0.39, 0.29) is 0 Å². The second-order valence-corrected chi connectivity index (χ2v) is 6.82. The van der Waals surface area contributed by atoms with Crippen LogP contribution in [0.25, 0.3) is 10.2 Å². The van der Waals surface area contributed by atoms with Crippen LogP contribution in [0.3, 0.4) is 0 Å². The van der Waals surface area contributed by atoms with Crippen LogP contribution in [0, 0.1) is 0 Å². The summed E-state index contributed by atoms with van der Waals surface area (Å²) >= 11 is 1.68. The van der Waals surface area contributed by atoms with E-state index >= 15 is 0 Å². The molecule has 3 N–H and O–H groups in total. The van der Waals surface area contributed by atoms with Crippen molar-refractivity contribution in [2.24, 2.45) is 4.99 Å². The van der Waals surface area contributed by atoms with E-state index in [0.717, 1.165) is 69.1 Å². The first-order valence-electron chi connectivity index (χ1n) is 8.69. The quantitative estimate of drug-likeness (QED) is 0.391. The summed E-state index contributed by atoms with van der Waals surface area (Å²) in [5.74, 6) is 0.833. The lowest BCUT2D eigenvalue weighted by atomic mass is 10.3. The van der Waals surface area contributed by atoms with Crippen molar-refractivity contribution in [1.82, 2.24) is 20.5 Å². The Labute approximate surface area is 152 Å². The molecule has 0 aliphatic carbocycles. The number of guanidine groups is 1. The van der Waals surface area contributed by atoms with E-state index in [4.69, 9.17) is 4.74 Å². The van der Waals surface area contributed by atoms with E-state index in [2.05, 4.69) is 36.9 Å². The van der Waals surface area contributed by atoms with Crippen molar-refractivity contribution < 1.29 is 4.74 Å². The Hall–Kier alpha value is -1.90. The highest BCUT2D eigenvalue weighted by molar-refractivity contribution is 7.22. The number of nitrogens with one attached hydrogen (secondary N) is 3. The van der Waals surface area contributed by atoms with Gasteiger partial charge in [0.2, 0.25) is 0 Å². The van der Waals surface area contributed by atoms with E-state index in [1.54, 1.807) is 18.4 Å². The molecule has 25 heavy (non-hydrogen) atoms. The van der Waals surface area contributed by atoms with E-state index < -0.39 is 0 Å². The SMILES string of the molecule is CN=C(NCCNc1nc2ccccc2s1)NCCN1CCOCC1. The first-order chi connectivity index (χ1) is 12.3. The number of aliphatic imine (C=N–C) groups is 1. The van der Waals surface area contributed by atoms with Gasteiger partial charge in [0.15, 0.2) is 11.1 Å². The van der Waals surface area contributed by atoms with Crippen LogP contribution >= 0.6 is 11.3 Å². The van der Waals surface area contributed by atoms with Gasteiger partial charge in [0.05, 0.1) is 23.4 Å². The molecule has 0 spiro atoms. The highest BCUT2D eigenvalue weighted by Gasteiger charge is 2.09. The molecule has 0 amide bonds. The van der Waals surface area contributed by atoms with Crippen LogP contribution in [0.2, 0.25) is 0 Å². The van der Waals surface area contributed by atoms with Crippen molar-refractivity contribution in [3.8, 4) is 0 Å². The Balaban J connectivity index is 1.32. The molecule has 7 nitrogen and oxygen atoms in total. The molecule has 0 unspecified atom stereocenters. The van der Waals surface area contributed by atoms with Gasteiger partial charge in [0.25, 0.3) is 0 Å². The van der Waals surface area contributed by atoms with Gasteiger partial charge < -0.3 is 20.7 Å². The number of hydrogen-bond donors (Lipinski definition) is 3. The Morgan fingerprint density at radius 3 is 2.80 bits per heavy atom. The number of aromatic nitrogens is 1. The third-order valence-corrected chi connectivity index (χ3v) is 5.03. The summed E-state index contributed by atoms with van der Waals surface area (Å²) < 4.78 is 6.57. The number of thiazole rings is 1. The molecule has 8 heteroatoms. The lowest BCUT2D eigenvalue weighted by molar-refractivity contribution is 0.0389. The average molecular weight is 363 g/mol. The normalized spacial score (nSPS) is 16.1. The summed E-state index contributed by atoms with van der Waals surface area (Å²) in [4.78, 5) is 11.2. The number of benzene rings is 1. The van der Waals surface area contributed by atoms with E-state index in [0.29, 0.717) is 0 Å². The minimum Gasteiger partial charge on any atom is -0.379 e. The highest BCUT2D eigenvalue weighted by Crippen LogP contribution is 2.24. The Bertz CT molecular complexity index is 650. The summed E-state index contributed by atoms with van der Waals surface area (Å²) in [6.07, 6.45) is 0. The first kappa shape index (κ1) is 17.9. The van der Waals surface area contributed by atoms with Crippen molar-refractivity contribution in [1.29, 1.82) is 0 Å². The van der Waals surface area contributed by atoms with Crippen LogP contribution in [0.5, 0.6) is 0 Å². The highest BCUT2D eigenvalue weighted by atomic mass is 32.1. The van der Waals surface area contributed by atoms with Crippen molar-refractivity contribution in [2.45, 2.75) is 0 Å². The molecule has 1 fully saturated rings. The molecule has 1 aliphatic heterocycles. The number of fused-ring (bicyclic) bond motifs is 1. The molecule has 3 rings (SSSR count). The summed E-state index contributed by atoms with van der Waals surface area (Å²) in [6.45, 7) is 7.17. The largest absolute Gasteiger partial charge is 0.379 e. The Kier molecular flexibility index (Phi) is 6.84. The van der Waals surface area contributed by atoms with Gasteiger partial charge in [-0.1, -0.05) is 23.5 Å². The third kappa shape index (κ3) is 5.55. The molecule has 1 aliphatic rings. The third-order valence-electron chi connectivity index (χ3n) is 4.04. The fourth-order valence-electron chi connectivity index (χ4n) is 2.68. The minimum atomic E-state index is 0.785. The molecule has 1 aromatic heterocycles. The van der Waals surface area contributed by atoms with Crippen molar-refractivity contribution in [3.63, 3.8) is 0 Å². The number of anilines is 1. The maximum atomic E-state index is 5.36. The minimum absolute atomic E-state index is 0.785. The lowest BCUT2D eigenvalue weighted by Gasteiger charge is -2.26. The number of rotatable bonds is 7. The standard InChI is InChI=1S/C17H26N6OS/c1-18-16(20-8-9-23-10-12-24-13-11-23)19-6-7-21-17-22-14-4-2-3-5-15(14)25-17/h2-5H,6-13H2,1H3,(H,21,22)(H2,18,19,20). The van der Waals surface area contributed by atoms with Crippen molar-refractivity contribution in [2.75, 3.05) is 64.8 Å². The van der Waals surface area contributed by atoms with Crippen molar-refractivity contribution >= 4 is 32.6 Å². The maximum Gasteiger partial charge on any atom is 0.191 e. The van der Waals surface area contributed by atoms with Crippen LogP contribution in [-0.2, 0) is 4.74 Å².